The third-order valence-corrected chi connectivity index (χ3v) is 4.81. The molecule has 0 aliphatic heterocycles. The van der Waals surface area contributed by atoms with Crippen LogP contribution in [0.15, 0.2) is 133 Å². The number of hydrogen-bond acceptors (Lipinski definition) is 2. The van der Waals surface area contributed by atoms with Gasteiger partial charge < -0.3 is 9.59 Å². The number of allylic oxidation sites excluding steroid dienone is 4. The van der Waals surface area contributed by atoms with Crippen molar-refractivity contribution in [3.05, 3.63) is 168 Å². The predicted octanol–water partition coefficient (Wildman–Crippen LogP) is 7.57. The zero-order chi connectivity index (χ0) is 25.3. The molecule has 0 heterocycles. The second-order valence-electron chi connectivity index (χ2n) is 7.62. The van der Waals surface area contributed by atoms with E-state index in [0.717, 1.165) is 22.3 Å². The van der Waals surface area contributed by atoms with Gasteiger partial charge in [0.2, 0.25) is 0 Å². The van der Waals surface area contributed by atoms with Gasteiger partial charge in [0.05, 0.1) is 11.6 Å². The van der Waals surface area contributed by atoms with Gasteiger partial charge in [0.1, 0.15) is 0 Å². The van der Waals surface area contributed by atoms with Crippen molar-refractivity contribution in [2.75, 3.05) is 0 Å². The number of carbonyl (C=O) groups is 2. The summed E-state index contributed by atoms with van der Waals surface area (Å²) in [7, 11) is 0. The number of ketones is 2. The van der Waals surface area contributed by atoms with Crippen molar-refractivity contribution >= 4 is 35.9 Å². The van der Waals surface area contributed by atoms with Gasteiger partial charge in [-0.15, -0.1) is 71.8 Å². The van der Waals surface area contributed by atoms with Crippen LogP contribution in [0, 0.1) is 12.2 Å². The first-order valence-corrected chi connectivity index (χ1v) is 11.5. The zero-order valence-electron chi connectivity index (χ0n) is 20.1. The molecule has 0 saturated carbocycles. The van der Waals surface area contributed by atoms with Crippen LogP contribution >= 0.6 is 0 Å². The molecular formula is C34H26O2Pd. The molecule has 4 aromatic rings. The Hall–Kier alpha value is -4.16. The van der Waals surface area contributed by atoms with Crippen LogP contribution in [0.4, 0.5) is 0 Å². The van der Waals surface area contributed by atoms with Gasteiger partial charge in [-0.2, -0.15) is 12.2 Å². The summed E-state index contributed by atoms with van der Waals surface area (Å²) in [6.07, 6.45) is 15.4. The van der Waals surface area contributed by atoms with Crippen LogP contribution in [0.2, 0.25) is 0 Å². The molecule has 0 radical (unpaired) electrons. The summed E-state index contributed by atoms with van der Waals surface area (Å²) >= 11 is 0. The summed E-state index contributed by atoms with van der Waals surface area (Å²) in [5, 5.41) is 0. The number of hydrogen-bond donors (Lipinski definition) is 0. The molecule has 4 aromatic carbocycles. The normalized spacial score (nSPS) is 10.8. The molecule has 4 rings (SSSR count). The number of benzene rings is 4. The first kappa shape index (κ1) is 29.1. The van der Waals surface area contributed by atoms with Crippen molar-refractivity contribution < 1.29 is 30.0 Å². The van der Waals surface area contributed by atoms with Crippen LogP contribution < -0.4 is 0 Å². The Morgan fingerprint density at radius 3 is 1.00 bits per heavy atom. The molecule has 0 amide bonds. The Balaban J connectivity index is 0.000000253. The maximum Gasteiger partial charge on any atom is 2.00 e. The summed E-state index contributed by atoms with van der Waals surface area (Å²) in [6.45, 7) is 0. The number of carbonyl (C=O) groups excluding carboxylic acids is 2. The molecule has 0 saturated heterocycles. The van der Waals surface area contributed by atoms with E-state index in [9.17, 15) is 9.59 Å². The van der Waals surface area contributed by atoms with E-state index in [-0.39, 0.29) is 32.0 Å². The van der Waals surface area contributed by atoms with Crippen LogP contribution in [-0.2, 0) is 30.0 Å². The average molecular weight is 573 g/mol. The van der Waals surface area contributed by atoms with Crippen molar-refractivity contribution in [2.45, 2.75) is 0 Å². The van der Waals surface area contributed by atoms with Gasteiger partial charge >= 0.3 is 20.4 Å². The molecule has 2 nitrogen and oxygen atoms in total. The second kappa shape index (κ2) is 17.3. The van der Waals surface area contributed by atoms with E-state index in [1.165, 1.54) is 12.2 Å². The van der Waals surface area contributed by atoms with Crippen LogP contribution in [0.5, 0.6) is 0 Å². The minimum absolute atomic E-state index is 0. The predicted molar refractivity (Wildman–Crippen MR) is 149 cm³/mol. The molecular weight excluding hydrogens is 547 g/mol. The minimum Gasteiger partial charge on any atom is -0.319 e. The second-order valence-corrected chi connectivity index (χ2v) is 7.62. The van der Waals surface area contributed by atoms with E-state index in [1.54, 1.807) is 24.3 Å². The fraction of sp³-hybridized carbons (Fsp3) is 0. The van der Waals surface area contributed by atoms with Gasteiger partial charge in [0.25, 0.3) is 0 Å². The minimum atomic E-state index is -0.136. The first-order chi connectivity index (χ1) is 17.7. The molecule has 0 aliphatic carbocycles. The smallest absolute Gasteiger partial charge is 0.319 e. The Morgan fingerprint density at radius 1 is 0.432 bits per heavy atom. The van der Waals surface area contributed by atoms with Gasteiger partial charge in [-0.05, 0) is 11.1 Å². The van der Waals surface area contributed by atoms with E-state index in [0.29, 0.717) is 0 Å². The summed E-state index contributed by atoms with van der Waals surface area (Å²) in [5.41, 5.74) is 3.96. The van der Waals surface area contributed by atoms with Crippen LogP contribution in [0.1, 0.15) is 22.3 Å². The molecule has 3 heteroatoms. The SMILES string of the molecule is O=C([C-]=Cc1ccccc1)/C=C/c1ccccc1.O=C([C-]=Cc1ccccc1)/C=C/c1ccccc1.[Pd+2]. The van der Waals surface area contributed by atoms with Crippen molar-refractivity contribution in [3.63, 3.8) is 0 Å². The van der Waals surface area contributed by atoms with Crippen LogP contribution in [0.25, 0.3) is 24.3 Å². The van der Waals surface area contributed by atoms with E-state index in [4.69, 9.17) is 0 Å². The third-order valence-electron chi connectivity index (χ3n) is 4.81. The monoisotopic (exact) mass is 572 g/mol. The molecule has 0 spiro atoms. The van der Waals surface area contributed by atoms with Crippen molar-refractivity contribution in [3.8, 4) is 0 Å². The van der Waals surface area contributed by atoms with Crippen molar-refractivity contribution in [2.24, 2.45) is 0 Å². The molecule has 0 aromatic heterocycles. The van der Waals surface area contributed by atoms with Gasteiger partial charge in [-0.3, -0.25) is 0 Å². The Kier molecular flexibility index (Phi) is 13.6. The molecule has 0 unspecified atom stereocenters. The maximum atomic E-state index is 11.6. The van der Waals surface area contributed by atoms with Gasteiger partial charge in [0, 0.05) is 0 Å². The molecule has 184 valence electrons. The Morgan fingerprint density at radius 2 is 0.703 bits per heavy atom. The van der Waals surface area contributed by atoms with E-state index < -0.39 is 0 Å². The quantitative estimate of drug-likeness (QED) is 0.124. The van der Waals surface area contributed by atoms with Gasteiger partial charge in [-0.1, -0.05) is 97.1 Å². The third kappa shape index (κ3) is 12.4. The summed E-state index contributed by atoms with van der Waals surface area (Å²) in [6, 6.07) is 38.8. The van der Waals surface area contributed by atoms with Gasteiger partial charge in [0.15, 0.2) is 0 Å². The largest absolute Gasteiger partial charge is 2.00 e. The first-order valence-electron chi connectivity index (χ1n) is 11.5. The molecule has 0 aliphatic rings. The summed E-state index contributed by atoms with van der Waals surface area (Å²) in [5.74, 6) is -0.273. The zero-order valence-corrected chi connectivity index (χ0v) is 21.7. The van der Waals surface area contributed by atoms with Crippen LogP contribution in [-0.4, -0.2) is 11.6 Å². The molecule has 0 bridgehead atoms. The van der Waals surface area contributed by atoms with E-state index in [1.807, 2.05) is 121 Å². The van der Waals surface area contributed by atoms with E-state index >= 15 is 0 Å². The number of rotatable bonds is 8. The summed E-state index contributed by atoms with van der Waals surface area (Å²) in [4.78, 5) is 23.1. The van der Waals surface area contributed by atoms with Gasteiger partial charge in [-0.25, -0.2) is 0 Å². The fourth-order valence-corrected chi connectivity index (χ4v) is 2.98. The summed E-state index contributed by atoms with van der Waals surface area (Å²) < 4.78 is 0. The molecule has 0 N–H and O–H groups in total. The van der Waals surface area contributed by atoms with Crippen LogP contribution in [0.3, 0.4) is 0 Å². The molecule has 0 fully saturated rings. The maximum absolute atomic E-state index is 11.6. The van der Waals surface area contributed by atoms with Crippen molar-refractivity contribution in [1.82, 2.24) is 0 Å². The topological polar surface area (TPSA) is 34.1 Å². The van der Waals surface area contributed by atoms with Crippen molar-refractivity contribution in [1.29, 1.82) is 0 Å². The van der Waals surface area contributed by atoms with E-state index in [2.05, 4.69) is 12.2 Å². The Labute approximate surface area is 233 Å². The standard InChI is InChI=1S/2C17H13O.Pd/c2*18-17(13-11-15-7-3-1-4-8-15)14-12-16-9-5-2-6-10-16;/h2*1-13H;/q2*-1;+2/b2*13-11+;. The molecule has 0 atom stereocenters. The fourth-order valence-electron chi connectivity index (χ4n) is 2.98. The molecule has 37 heavy (non-hydrogen) atoms. The Bertz CT molecular complexity index is 1110. The average Bonchev–Trinajstić information content (AvgIpc) is 2.95.